The van der Waals surface area contributed by atoms with Crippen LogP contribution in [0.5, 0.6) is 11.6 Å². The van der Waals surface area contributed by atoms with E-state index in [4.69, 9.17) is 33.7 Å². The predicted octanol–water partition coefficient (Wildman–Crippen LogP) is 4.31. The van der Waals surface area contributed by atoms with E-state index < -0.39 is 0 Å². The molecule has 1 heterocycles. The summed E-state index contributed by atoms with van der Waals surface area (Å²) >= 11 is 12.0. The number of aromatic nitrogens is 2. The van der Waals surface area contributed by atoms with Crippen molar-refractivity contribution in [1.82, 2.24) is 9.97 Å². The van der Waals surface area contributed by atoms with E-state index >= 15 is 0 Å². The number of anilines is 1. The Morgan fingerprint density at radius 1 is 1.00 bits per heavy atom. The van der Waals surface area contributed by atoms with Crippen molar-refractivity contribution in [3.63, 3.8) is 0 Å². The minimum absolute atomic E-state index is 0.402. The number of hydrogen-bond acceptors (Lipinski definition) is 4. The maximum Gasteiger partial charge on any atom is 0.230 e. The third-order valence-corrected chi connectivity index (χ3v) is 3.27. The molecule has 0 fully saturated rings. The molecule has 3 rings (SSSR count). The molecule has 0 amide bonds. The number of fused-ring (bicyclic) bond motifs is 1. The van der Waals surface area contributed by atoms with Crippen LogP contribution >= 0.6 is 23.2 Å². The molecule has 0 atom stereocenters. The van der Waals surface area contributed by atoms with Gasteiger partial charge in [0.25, 0.3) is 0 Å². The Labute approximate surface area is 125 Å². The Hall–Kier alpha value is -2.04. The van der Waals surface area contributed by atoms with E-state index in [1.807, 2.05) is 0 Å². The van der Waals surface area contributed by atoms with E-state index in [1.165, 1.54) is 6.33 Å². The lowest BCUT2D eigenvalue weighted by Gasteiger charge is -2.09. The molecule has 6 heteroatoms. The van der Waals surface area contributed by atoms with Crippen LogP contribution in [0.2, 0.25) is 10.0 Å². The van der Waals surface area contributed by atoms with Crippen molar-refractivity contribution >= 4 is 39.8 Å². The van der Waals surface area contributed by atoms with Crippen molar-refractivity contribution in [2.45, 2.75) is 0 Å². The summed E-state index contributed by atoms with van der Waals surface area (Å²) in [6.45, 7) is 0. The van der Waals surface area contributed by atoms with Gasteiger partial charge in [-0.3, -0.25) is 0 Å². The topological polar surface area (TPSA) is 61.0 Å². The summed E-state index contributed by atoms with van der Waals surface area (Å²) in [5.41, 5.74) is 7.06. The Morgan fingerprint density at radius 2 is 1.85 bits per heavy atom. The van der Waals surface area contributed by atoms with Crippen LogP contribution in [-0.2, 0) is 0 Å². The molecule has 2 aromatic carbocycles. The number of rotatable bonds is 2. The van der Waals surface area contributed by atoms with Crippen molar-refractivity contribution < 1.29 is 4.74 Å². The van der Waals surface area contributed by atoms with Crippen LogP contribution in [0.25, 0.3) is 10.9 Å². The number of benzene rings is 2. The van der Waals surface area contributed by atoms with Crippen LogP contribution in [0, 0.1) is 0 Å². The first kappa shape index (κ1) is 13.0. The average Bonchev–Trinajstić information content (AvgIpc) is 2.43. The molecule has 2 N–H and O–H groups in total. The van der Waals surface area contributed by atoms with Crippen molar-refractivity contribution in [2.75, 3.05) is 5.73 Å². The molecule has 0 saturated heterocycles. The fourth-order valence-electron chi connectivity index (χ4n) is 1.79. The van der Waals surface area contributed by atoms with Crippen molar-refractivity contribution in [3.05, 3.63) is 52.8 Å². The Balaban J connectivity index is 2.09. The molecule has 0 unspecified atom stereocenters. The summed E-state index contributed by atoms with van der Waals surface area (Å²) in [6.07, 6.45) is 1.41. The number of hydrogen-bond donors (Lipinski definition) is 1. The molecule has 0 aliphatic rings. The quantitative estimate of drug-likeness (QED) is 0.717. The molecular weight excluding hydrogens is 297 g/mol. The van der Waals surface area contributed by atoms with Gasteiger partial charge in [0.05, 0.1) is 15.9 Å². The van der Waals surface area contributed by atoms with Gasteiger partial charge in [0.1, 0.15) is 12.1 Å². The highest BCUT2D eigenvalue weighted by Gasteiger charge is 2.09. The van der Waals surface area contributed by atoms with Crippen molar-refractivity contribution in [2.24, 2.45) is 0 Å². The van der Waals surface area contributed by atoms with Crippen LogP contribution in [0.4, 0.5) is 5.69 Å². The minimum Gasteiger partial charge on any atom is -0.437 e. The fraction of sp³-hybridized carbons (Fsp3) is 0. The van der Waals surface area contributed by atoms with Gasteiger partial charge in [-0.25, -0.2) is 9.97 Å². The van der Waals surface area contributed by atoms with E-state index in [-0.39, 0.29) is 0 Å². The van der Waals surface area contributed by atoms with Crippen molar-refractivity contribution in [1.29, 1.82) is 0 Å². The van der Waals surface area contributed by atoms with E-state index in [0.717, 1.165) is 5.39 Å². The largest absolute Gasteiger partial charge is 0.437 e. The van der Waals surface area contributed by atoms with Crippen molar-refractivity contribution in [3.8, 4) is 11.6 Å². The van der Waals surface area contributed by atoms with Crippen LogP contribution in [0.3, 0.4) is 0 Å². The highest BCUT2D eigenvalue weighted by atomic mass is 35.5. The van der Waals surface area contributed by atoms with Gasteiger partial charge in [-0.15, -0.1) is 0 Å². The Bertz CT molecular complexity index is 792. The molecule has 0 aliphatic heterocycles. The van der Waals surface area contributed by atoms with Crippen LogP contribution in [0.15, 0.2) is 42.7 Å². The monoisotopic (exact) mass is 305 g/mol. The number of halogens is 2. The van der Waals surface area contributed by atoms with Gasteiger partial charge in [-0.1, -0.05) is 23.2 Å². The molecule has 100 valence electrons. The first-order valence-corrected chi connectivity index (χ1v) is 6.52. The molecule has 0 radical (unpaired) electrons. The van der Waals surface area contributed by atoms with Gasteiger partial charge in [0.15, 0.2) is 0 Å². The number of nitrogen functional groups attached to an aromatic ring is 1. The number of nitrogens with two attached hydrogens (primary N) is 1. The second kappa shape index (κ2) is 5.15. The fourth-order valence-corrected chi connectivity index (χ4v) is 2.11. The third kappa shape index (κ3) is 2.48. The van der Waals surface area contributed by atoms with Crippen LogP contribution < -0.4 is 10.5 Å². The van der Waals surface area contributed by atoms with Gasteiger partial charge in [0.2, 0.25) is 5.88 Å². The maximum absolute atomic E-state index is 6.08. The first-order valence-electron chi connectivity index (χ1n) is 5.76. The summed E-state index contributed by atoms with van der Waals surface area (Å²) in [7, 11) is 0. The van der Waals surface area contributed by atoms with Gasteiger partial charge in [-0.2, -0.15) is 0 Å². The summed E-state index contributed by atoms with van der Waals surface area (Å²) in [6, 6.07) is 10.3. The molecule has 0 spiro atoms. The third-order valence-electron chi connectivity index (χ3n) is 2.72. The van der Waals surface area contributed by atoms with E-state index in [1.54, 1.807) is 36.4 Å². The lowest BCUT2D eigenvalue weighted by molar-refractivity contribution is 0.468. The molecule has 20 heavy (non-hydrogen) atoms. The van der Waals surface area contributed by atoms with Crippen LogP contribution in [-0.4, -0.2) is 9.97 Å². The Kier molecular flexibility index (Phi) is 3.34. The summed E-state index contributed by atoms with van der Waals surface area (Å²) in [5.74, 6) is 0.843. The molecule has 4 nitrogen and oxygen atoms in total. The zero-order chi connectivity index (χ0) is 14.1. The molecule has 0 aliphatic carbocycles. The second-order valence-electron chi connectivity index (χ2n) is 4.13. The molecular formula is C14H9Cl2N3O. The lowest BCUT2D eigenvalue weighted by Crippen LogP contribution is -1.93. The predicted molar refractivity (Wildman–Crippen MR) is 80.5 cm³/mol. The lowest BCUT2D eigenvalue weighted by atomic mass is 10.2. The van der Waals surface area contributed by atoms with Crippen LogP contribution in [0.1, 0.15) is 0 Å². The van der Waals surface area contributed by atoms with Gasteiger partial charge in [-0.05, 0) is 30.3 Å². The van der Waals surface area contributed by atoms with Gasteiger partial charge in [0, 0.05) is 16.8 Å². The minimum atomic E-state index is 0.402. The second-order valence-corrected chi connectivity index (χ2v) is 4.98. The smallest absolute Gasteiger partial charge is 0.230 e. The molecule has 1 aromatic heterocycles. The van der Waals surface area contributed by atoms with E-state index in [9.17, 15) is 0 Å². The summed E-state index contributed by atoms with van der Waals surface area (Å²) in [4.78, 5) is 8.28. The summed E-state index contributed by atoms with van der Waals surface area (Å²) in [5, 5.41) is 1.74. The number of nitrogens with zero attached hydrogens (tertiary/aromatic N) is 2. The summed E-state index contributed by atoms with van der Waals surface area (Å²) < 4.78 is 5.73. The first-order chi connectivity index (χ1) is 9.63. The highest BCUT2D eigenvalue weighted by Crippen LogP contribution is 2.33. The zero-order valence-corrected chi connectivity index (χ0v) is 11.7. The van der Waals surface area contributed by atoms with Gasteiger partial charge >= 0.3 is 0 Å². The van der Waals surface area contributed by atoms with Gasteiger partial charge < -0.3 is 10.5 Å². The normalized spacial score (nSPS) is 10.7. The maximum atomic E-state index is 6.08. The number of ether oxygens (including phenoxy) is 1. The standard InChI is InChI=1S/C14H9Cl2N3O/c15-8-1-4-11(16)13(5-8)20-14-10-3-2-9(17)6-12(10)18-7-19-14/h1-7H,17H2. The SMILES string of the molecule is Nc1ccc2c(Oc3cc(Cl)ccc3Cl)ncnc2c1. The molecule has 0 saturated carbocycles. The average molecular weight is 306 g/mol. The highest BCUT2D eigenvalue weighted by molar-refractivity contribution is 6.34. The molecule has 3 aromatic rings. The Morgan fingerprint density at radius 3 is 2.70 bits per heavy atom. The molecule has 0 bridgehead atoms. The van der Waals surface area contributed by atoms with E-state index in [0.29, 0.717) is 32.9 Å². The van der Waals surface area contributed by atoms with E-state index in [2.05, 4.69) is 9.97 Å². The zero-order valence-electron chi connectivity index (χ0n) is 10.2.